The average Bonchev–Trinajstić information content (AvgIpc) is 2.49. The molecule has 0 fully saturated rings. The Morgan fingerprint density at radius 3 is 3.00 bits per heavy atom. The molecule has 0 unspecified atom stereocenters. The van der Waals surface area contributed by atoms with Crippen LogP contribution >= 0.6 is 0 Å². The van der Waals surface area contributed by atoms with Crippen LogP contribution in [0, 0.1) is 5.82 Å². The molecule has 0 aliphatic rings. The summed E-state index contributed by atoms with van der Waals surface area (Å²) in [5, 5.41) is 0.824. The van der Waals surface area contributed by atoms with Gasteiger partial charge in [0.15, 0.2) is 0 Å². The van der Waals surface area contributed by atoms with Gasteiger partial charge in [0.1, 0.15) is 11.4 Å². The van der Waals surface area contributed by atoms with Gasteiger partial charge in [0, 0.05) is 5.39 Å². The number of halogens is 1. The first kappa shape index (κ1) is 7.35. The maximum atomic E-state index is 13.2. The molecule has 0 aliphatic carbocycles. The van der Waals surface area contributed by atoms with Crippen molar-refractivity contribution in [3.05, 3.63) is 35.8 Å². The van der Waals surface area contributed by atoms with E-state index in [1.165, 1.54) is 6.07 Å². The fourth-order valence-electron chi connectivity index (χ4n) is 1.29. The maximum Gasteiger partial charge on any atom is 0.134 e. The molecular weight excluding hydrogens is 155 g/mol. The van der Waals surface area contributed by atoms with E-state index in [1.807, 2.05) is 6.92 Å². The van der Waals surface area contributed by atoms with Crippen molar-refractivity contribution in [3.63, 3.8) is 0 Å². The molecule has 12 heavy (non-hydrogen) atoms. The van der Waals surface area contributed by atoms with E-state index >= 15 is 0 Å². The van der Waals surface area contributed by atoms with E-state index in [2.05, 4.69) is 0 Å². The molecule has 0 N–H and O–H groups in total. The number of fused-ring (bicyclic) bond motifs is 1. The van der Waals surface area contributed by atoms with Crippen LogP contribution in [0.3, 0.4) is 0 Å². The van der Waals surface area contributed by atoms with Crippen LogP contribution in [0.15, 0.2) is 28.9 Å². The molecule has 0 atom stereocenters. The summed E-state index contributed by atoms with van der Waals surface area (Å²) >= 11 is 0. The fraction of sp³-hybridized carbons (Fsp3) is 0.200. The Bertz CT molecular complexity index is 403. The molecule has 2 heteroatoms. The predicted molar refractivity (Wildman–Crippen MR) is 45.6 cm³/mol. The number of aryl methyl sites for hydroxylation is 1. The lowest BCUT2D eigenvalue weighted by atomic mass is 10.1. The molecular formula is C10H9FO. The standard InChI is InChI=1S/C10H9FO/c1-2-7-6-10-8(3-4-12-10)5-9(7)11/h3-6H,2H2,1H3. The van der Waals surface area contributed by atoms with Gasteiger partial charge in [-0.3, -0.25) is 0 Å². The molecule has 0 radical (unpaired) electrons. The van der Waals surface area contributed by atoms with Gasteiger partial charge in [0.2, 0.25) is 0 Å². The molecule has 2 rings (SSSR count). The first-order valence-electron chi connectivity index (χ1n) is 3.97. The summed E-state index contributed by atoms with van der Waals surface area (Å²) in [6, 6.07) is 5.03. The third-order valence-electron chi connectivity index (χ3n) is 2.00. The Morgan fingerprint density at radius 2 is 2.25 bits per heavy atom. The highest BCUT2D eigenvalue weighted by Crippen LogP contribution is 2.20. The average molecular weight is 164 g/mol. The number of furan rings is 1. The minimum Gasteiger partial charge on any atom is -0.464 e. The molecule has 1 heterocycles. The lowest BCUT2D eigenvalue weighted by Gasteiger charge is -1.97. The molecule has 0 aliphatic heterocycles. The summed E-state index contributed by atoms with van der Waals surface area (Å²) < 4.78 is 18.3. The monoisotopic (exact) mass is 164 g/mol. The van der Waals surface area contributed by atoms with Crippen molar-refractivity contribution >= 4 is 11.0 Å². The predicted octanol–water partition coefficient (Wildman–Crippen LogP) is 3.13. The minimum absolute atomic E-state index is 0.147. The summed E-state index contributed by atoms with van der Waals surface area (Å²) in [4.78, 5) is 0. The normalized spacial score (nSPS) is 10.8. The zero-order chi connectivity index (χ0) is 8.55. The van der Waals surface area contributed by atoms with E-state index in [1.54, 1.807) is 18.4 Å². The van der Waals surface area contributed by atoms with Crippen molar-refractivity contribution in [2.45, 2.75) is 13.3 Å². The van der Waals surface area contributed by atoms with Crippen molar-refractivity contribution in [1.82, 2.24) is 0 Å². The van der Waals surface area contributed by atoms with Crippen LogP contribution in [0.4, 0.5) is 4.39 Å². The molecule has 62 valence electrons. The lowest BCUT2D eigenvalue weighted by molar-refractivity contribution is 0.601. The highest BCUT2D eigenvalue weighted by molar-refractivity contribution is 5.77. The molecule has 0 bridgehead atoms. The molecule has 1 nitrogen and oxygen atoms in total. The first-order valence-corrected chi connectivity index (χ1v) is 3.97. The van der Waals surface area contributed by atoms with E-state index in [-0.39, 0.29) is 5.82 Å². The summed E-state index contributed by atoms with van der Waals surface area (Å²) in [6.07, 6.45) is 2.27. The molecule has 1 aromatic carbocycles. The molecule has 0 saturated heterocycles. The number of benzene rings is 1. The number of hydrogen-bond acceptors (Lipinski definition) is 1. The Labute approximate surface area is 69.8 Å². The number of rotatable bonds is 1. The Balaban J connectivity index is 2.73. The van der Waals surface area contributed by atoms with Crippen LogP contribution < -0.4 is 0 Å². The zero-order valence-corrected chi connectivity index (χ0v) is 6.80. The fourth-order valence-corrected chi connectivity index (χ4v) is 1.29. The quantitative estimate of drug-likeness (QED) is 0.631. The third kappa shape index (κ3) is 0.998. The van der Waals surface area contributed by atoms with Gasteiger partial charge in [0.25, 0.3) is 0 Å². The molecule has 2 aromatic rings. The minimum atomic E-state index is -0.147. The van der Waals surface area contributed by atoms with Crippen molar-refractivity contribution in [2.75, 3.05) is 0 Å². The van der Waals surface area contributed by atoms with Crippen LogP contribution in [-0.4, -0.2) is 0 Å². The Kier molecular flexibility index (Phi) is 1.61. The van der Waals surface area contributed by atoms with Crippen LogP contribution in [0.5, 0.6) is 0 Å². The number of hydrogen-bond donors (Lipinski definition) is 0. The van der Waals surface area contributed by atoms with Gasteiger partial charge < -0.3 is 4.42 Å². The topological polar surface area (TPSA) is 13.1 Å². The third-order valence-corrected chi connectivity index (χ3v) is 2.00. The van der Waals surface area contributed by atoms with Crippen molar-refractivity contribution in [1.29, 1.82) is 0 Å². The molecule has 0 saturated carbocycles. The molecule has 0 amide bonds. The van der Waals surface area contributed by atoms with Crippen molar-refractivity contribution in [2.24, 2.45) is 0 Å². The van der Waals surface area contributed by atoms with E-state index < -0.39 is 0 Å². The van der Waals surface area contributed by atoms with E-state index in [0.717, 1.165) is 11.0 Å². The van der Waals surface area contributed by atoms with Gasteiger partial charge in [-0.2, -0.15) is 0 Å². The van der Waals surface area contributed by atoms with Crippen LogP contribution in [0.1, 0.15) is 12.5 Å². The first-order chi connectivity index (χ1) is 5.81. The zero-order valence-electron chi connectivity index (χ0n) is 6.80. The van der Waals surface area contributed by atoms with Crippen LogP contribution in [0.2, 0.25) is 0 Å². The van der Waals surface area contributed by atoms with Crippen molar-refractivity contribution in [3.8, 4) is 0 Å². The second-order valence-corrected chi connectivity index (χ2v) is 2.76. The molecule has 0 spiro atoms. The van der Waals surface area contributed by atoms with Crippen molar-refractivity contribution < 1.29 is 8.81 Å². The van der Waals surface area contributed by atoms with E-state index in [9.17, 15) is 4.39 Å². The van der Waals surface area contributed by atoms with Gasteiger partial charge in [-0.1, -0.05) is 6.92 Å². The van der Waals surface area contributed by atoms with E-state index in [0.29, 0.717) is 12.0 Å². The lowest BCUT2D eigenvalue weighted by Crippen LogP contribution is -1.85. The van der Waals surface area contributed by atoms with E-state index in [4.69, 9.17) is 4.42 Å². The Morgan fingerprint density at radius 1 is 1.42 bits per heavy atom. The second-order valence-electron chi connectivity index (χ2n) is 2.76. The highest BCUT2D eigenvalue weighted by atomic mass is 19.1. The largest absolute Gasteiger partial charge is 0.464 e. The second kappa shape index (κ2) is 2.63. The smallest absolute Gasteiger partial charge is 0.134 e. The highest BCUT2D eigenvalue weighted by Gasteiger charge is 2.03. The SMILES string of the molecule is CCc1cc2occc2cc1F. The van der Waals surface area contributed by atoms with Gasteiger partial charge in [-0.05, 0) is 30.2 Å². The summed E-state index contributed by atoms with van der Waals surface area (Å²) in [5.74, 6) is -0.147. The van der Waals surface area contributed by atoms with Gasteiger partial charge >= 0.3 is 0 Å². The summed E-state index contributed by atoms with van der Waals surface area (Å²) in [7, 11) is 0. The van der Waals surface area contributed by atoms with Gasteiger partial charge in [-0.25, -0.2) is 4.39 Å². The van der Waals surface area contributed by atoms with Crippen LogP contribution in [-0.2, 0) is 6.42 Å². The Hall–Kier alpha value is -1.31. The van der Waals surface area contributed by atoms with Crippen LogP contribution in [0.25, 0.3) is 11.0 Å². The molecule has 1 aromatic heterocycles. The summed E-state index contributed by atoms with van der Waals surface area (Å²) in [5.41, 5.74) is 1.46. The van der Waals surface area contributed by atoms with Gasteiger partial charge in [-0.15, -0.1) is 0 Å². The summed E-state index contributed by atoms with van der Waals surface area (Å²) in [6.45, 7) is 1.92. The maximum absolute atomic E-state index is 13.2. The van der Waals surface area contributed by atoms with Gasteiger partial charge in [0.05, 0.1) is 6.26 Å².